The average molecular weight is 165 g/mol. The minimum absolute atomic E-state index is 0.111. The number of para-hydroxylation sites is 1. The molecular formula is C8H11N3O. The Labute approximate surface area is 70.7 Å². The molecule has 0 bridgehead atoms. The normalized spacial score (nSPS) is 11.2. The summed E-state index contributed by atoms with van der Waals surface area (Å²) >= 11 is 0. The Kier molecular flexibility index (Phi) is 2.53. The van der Waals surface area contributed by atoms with Gasteiger partial charge in [0.15, 0.2) is 5.84 Å². The molecule has 1 aromatic rings. The van der Waals surface area contributed by atoms with Gasteiger partial charge >= 0.3 is 0 Å². The van der Waals surface area contributed by atoms with E-state index in [0.717, 1.165) is 5.69 Å². The first-order valence-electron chi connectivity index (χ1n) is 3.54. The van der Waals surface area contributed by atoms with Gasteiger partial charge in [0.05, 0.1) is 0 Å². The largest absolute Gasteiger partial charge is 0.409 e. The van der Waals surface area contributed by atoms with E-state index in [1.54, 1.807) is 13.1 Å². The van der Waals surface area contributed by atoms with E-state index >= 15 is 0 Å². The molecule has 1 aromatic carbocycles. The molecule has 0 radical (unpaired) electrons. The van der Waals surface area contributed by atoms with Gasteiger partial charge in [0, 0.05) is 18.3 Å². The highest BCUT2D eigenvalue weighted by Gasteiger charge is 2.02. The lowest BCUT2D eigenvalue weighted by atomic mass is 10.1. The number of oxime groups is 1. The number of hydrogen-bond acceptors (Lipinski definition) is 3. The molecule has 0 saturated heterocycles. The fourth-order valence-corrected chi connectivity index (χ4v) is 0.978. The van der Waals surface area contributed by atoms with Crippen molar-refractivity contribution in [2.75, 3.05) is 12.4 Å². The summed E-state index contributed by atoms with van der Waals surface area (Å²) in [7, 11) is 1.78. The number of hydrogen-bond donors (Lipinski definition) is 3. The van der Waals surface area contributed by atoms with Crippen LogP contribution in [0.2, 0.25) is 0 Å². The lowest BCUT2D eigenvalue weighted by molar-refractivity contribution is 0.318. The van der Waals surface area contributed by atoms with Gasteiger partial charge in [-0.15, -0.1) is 0 Å². The number of amidine groups is 1. The second-order valence-corrected chi connectivity index (χ2v) is 2.28. The molecule has 0 saturated carbocycles. The lowest BCUT2D eigenvalue weighted by Crippen LogP contribution is -2.14. The van der Waals surface area contributed by atoms with Crippen molar-refractivity contribution in [2.24, 2.45) is 10.9 Å². The van der Waals surface area contributed by atoms with Crippen molar-refractivity contribution in [3.05, 3.63) is 29.8 Å². The molecule has 0 fully saturated rings. The van der Waals surface area contributed by atoms with Crippen molar-refractivity contribution in [3.8, 4) is 0 Å². The Bertz CT molecular complexity index is 296. The van der Waals surface area contributed by atoms with Crippen molar-refractivity contribution >= 4 is 11.5 Å². The minimum atomic E-state index is 0.111. The molecule has 0 spiro atoms. The van der Waals surface area contributed by atoms with Crippen LogP contribution in [0, 0.1) is 0 Å². The molecule has 12 heavy (non-hydrogen) atoms. The van der Waals surface area contributed by atoms with E-state index < -0.39 is 0 Å². The van der Waals surface area contributed by atoms with Crippen LogP contribution in [0.15, 0.2) is 29.4 Å². The first-order valence-corrected chi connectivity index (χ1v) is 3.54. The first-order chi connectivity index (χ1) is 5.79. The molecule has 0 aliphatic rings. The van der Waals surface area contributed by atoms with Gasteiger partial charge in [-0.3, -0.25) is 0 Å². The lowest BCUT2D eigenvalue weighted by Gasteiger charge is -2.05. The van der Waals surface area contributed by atoms with E-state index in [1.165, 1.54) is 0 Å². The van der Waals surface area contributed by atoms with Crippen molar-refractivity contribution in [3.63, 3.8) is 0 Å². The second kappa shape index (κ2) is 3.61. The number of rotatable bonds is 2. The quantitative estimate of drug-likeness (QED) is 0.263. The van der Waals surface area contributed by atoms with Gasteiger partial charge in [-0.25, -0.2) is 0 Å². The number of nitrogens with one attached hydrogen (secondary N) is 1. The molecule has 4 N–H and O–H groups in total. The molecule has 0 heterocycles. The van der Waals surface area contributed by atoms with Crippen LogP contribution in [0.4, 0.5) is 5.69 Å². The Balaban J connectivity index is 3.13. The van der Waals surface area contributed by atoms with E-state index in [0.29, 0.717) is 5.56 Å². The van der Waals surface area contributed by atoms with Crippen LogP contribution in [-0.4, -0.2) is 18.1 Å². The van der Waals surface area contributed by atoms with E-state index in [4.69, 9.17) is 10.9 Å². The summed E-state index contributed by atoms with van der Waals surface area (Å²) in [4.78, 5) is 0. The number of nitrogens with two attached hydrogens (primary N) is 1. The molecule has 0 unspecified atom stereocenters. The van der Waals surface area contributed by atoms with Crippen LogP contribution in [0.25, 0.3) is 0 Å². The van der Waals surface area contributed by atoms with Gasteiger partial charge in [0.2, 0.25) is 0 Å². The van der Waals surface area contributed by atoms with Crippen molar-refractivity contribution in [2.45, 2.75) is 0 Å². The van der Waals surface area contributed by atoms with Crippen molar-refractivity contribution < 1.29 is 5.21 Å². The fourth-order valence-electron chi connectivity index (χ4n) is 0.978. The highest BCUT2D eigenvalue weighted by Crippen LogP contribution is 2.12. The molecule has 0 aromatic heterocycles. The highest BCUT2D eigenvalue weighted by molar-refractivity contribution is 6.01. The van der Waals surface area contributed by atoms with E-state index in [1.807, 2.05) is 18.2 Å². The molecule has 0 amide bonds. The van der Waals surface area contributed by atoms with Gasteiger partial charge in [-0.05, 0) is 12.1 Å². The first kappa shape index (κ1) is 8.39. The third kappa shape index (κ3) is 1.47. The minimum Gasteiger partial charge on any atom is -0.409 e. The zero-order valence-corrected chi connectivity index (χ0v) is 6.78. The zero-order valence-electron chi connectivity index (χ0n) is 6.78. The second-order valence-electron chi connectivity index (χ2n) is 2.28. The maximum absolute atomic E-state index is 8.44. The van der Waals surface area contributed by atoms with Crippen LogP contribution in [0.5, 0.6) is 0 Å². The molecule has 0 aliphatic carbocycles. The molecule has 4 heteroatoms. The van der Waals surface area contributed by atoms with Gasteiger partial charge in [0.25, 0.3) is 0 Å². The van der Waals surface area contributed by atoms with Crippen molar-refractivity contribution in [1.29, 1.82) is 0 Å². The maximum Gasteiger partial charge on any atom is 0.172 e. The summed E-state index contributed by atoms with van der Waals surface area (Å²) in [6, 6.07) is 7.34. The molecule has 4 nitrogen and oxygen atoms in total. The van der Waals surface area contributed by atoms with E-state index in [9.17, 15) is 0 Å². The van der Waals surface area contributed by atoms with Crippen molar-refractivity contribution in [1.82, 2.24) is 0 Å². The maximum atomic E-state index is 8.44. The Morgan fingerprint density at radius 1 is 1.50 bits per heavy atom. The molecule has 1 rings (SSSR count). The fraction of sp³-hybridized carbons (Fsp3) is 0.125. The van der Waals surface area contributed by atoms with Crippen LogP contribution in [-0.2, 0) is 0 Å². The average Bonchev–Trinajstić information content (AvgIpc) is 2.16. The van der Waals surface area contributed by atoms with Gasteiger partial charge in [-0.2, -0.15) is 0 Å². The number of nitrogens with zero attached hydrogens (tertiary/aromatic N) is 1. The molecule has 64 valence electrons. The van der Waals surface area contributed by atoms with Gasteiger partial charge in [0.1, 0.15) is 0 Å². The van der Waals surface area contributed by atoms with Crippen LogP contribution in [0.3, 0.4) is 0 Å². The molecule has 0 aliphatic heterocycles. The smallest absolute Gasteiger partial charge is 0.172 e. The summed E-state index contributed by atoms with van der Waals surface area (Å²) < 4.78 is 0. The highest BCUT2D eigenvalue weighted by atomic mass is 16.4. The summed E-state index contributed by atoms with van der Waals surface area (Å²) in [6.07, 6.45) is 0. The topological polar surface area (TPSA) is 70.6 Å². The summed E-state index contributed by atoms with van der Waals surface area (Å²) in [5, 5.41) is 14.3. The Morgan fingerprint density at radius 3 is 2.75 bits per heavy atom. The summed E-state index contributed by atoms with van der Waals surface area (Å²) in [5.41, 5.74) is 6.97. The summed E-state index contributed by atoms with van der Waals surface area (Å²) in [5.74, 6) is 0.111. The Morgan fingerprint density at radius 2 is 2.17 bits per heavy atom. The summed E-state index contributed by atoms with van der Waals surface area (Å²) in [6.45, 7) is 0. The number of anilines is 1. The zero-order chi connectivity index (χ0) is 8.97. The van der Waals surface area contributed by atoms with Crippen LogP contribution >= 0.6 is 0 Å². The van der Waals surface area contributed by atoms with E-state index in [-0.39, 0.29) is 5.84 Å². The van der Waals surface area contributed by atoms with Gasteiger partial charge in [-0.1, -0.05) is 17.3 Å². The molecular weight excluding hydrogens is 154 g/mol. The van der Waals surface area contributed by atoms with E-state index in [2.05, 4.69) is 10.5 Å². The predicted octanol–water partition coefficient (Wildman–Crippen LogP) is 0.823. The van der Waals surface area contributed by atoms with Crippen LogP contribution < -0.4 is 11.1 Å². The van der Waals surface area contributed by atoms with Crippen LogP contribution in [0.1, 0.15) is 5.56 Å². The predicted molar refractivity (Wildman–Crippen MR) is 48.5 cm³/mol. The number of benzene rings is 1. The third-order valence-electron chi connectivity index (χ3n) is 1.58. The molecule has 0 atom stereocenters. The Hall–Kier alpha value is -1.71. The monoisotopic (exact) mass is 165 g/mol. The third-order valence-corrected chi connectivity index (χ3v) is 1.58. The van der Waals surface area contributed by atoms with Gasteiger partial charge < -0.3 is 16.3 Å². The SMILES string of the molecule is CNc1ccccc1/C(N)=N/O. The standard InChI is InChI=1S/C8H11N3O/c1-10-7-5-3-2-4-6(7)8(9)11-12/h2-5,10,12H,1H3,(H2,9,11).